The predicted octanol–water partition coefficient (Wildman–Crippen LogP) is 3.56. The summed E-state index contributed by atoms with van der Waals surface area (Å²) in [6.45, 7) is 4.01. The lowest BCUT2D eigenvalue weighted by Gasteiger charge is -2.04. The van der Waals surface area contributed by atoms with E-state index in [2.05, 4.69) is 15.4 Å². The van der Waals surface area contributed by atoms with Gasteiger partial charge < -0.3 is 14.0 Å². The minimum absolute atomic E-state index is 0.183. The van der Waals surface area contributed by atoms with Crippen LogP contribution in [-0.2, 0) is 5.75 Å². The maximum Gasteiger partial charge on any atom is 0.253 e. The van der Waals surface area contributed by atoms with Crippen LogP contribution >= 0.6 is 11.8 Å². The summed E-state index contributed by atoms with van der Waals surface area (Å²) < 4.78 is 11.1. The van der Waals surface area contributed by atoms with Crippen molar-refractivity contribution in [2.45, 2.75) is 19.6 Å². The zero-order chi connectivity index (χ0) is 16.9. The van der Waals surface area contributed by atoms with Crippen molar-refractivity contribution >= 4 is 11.8 Å². The summed E-state index contributed by atoms with van der Waals surface area (Å²) in [6, 6.07) is 9.77. The molecule has 1 N–H and O–H groups in total. The summed E-state index contributed by atoms with van der Waals surface area (Å²) in [5.74, 6) is 3.32. The fourth-order valence-corrected chi connectivity index (χ4v) is 3.15. The second kappa shape index (κ2) is 7.63. The Morgan fingerprint density at radius 1 is 1.21 bits per heavy atom. The first kappa shape index (κ1) is 16.7. The Balaban J connectivity index is 1.80. The maximum absolute atomic E-state index is 9.05. The lowest BCUT2D eigenvalue weighted by atomic mass is 10.1. The average molecular weight is 345 g/mol. The van der Waals surface area contributed by atoms with Gasteiger partial charge in [-0.3, -0.25) is 0 Å². The Labute approximate surface area is 144 Å². The quantitative estimate of drug-likeness (QED) is 0.700. The topological polar surface area (TPSA) is 85.2 Å². The molecule has 1 unspecified atom stereocenters. The van der Waals surface area contributed by atoms with Crippen LogP contribution in [0, 0.1) is 12.8 Å². The van der Waals surface area contributed by atoms with Crippen LogP contribution in [0.15, 0.2) is 39.3 Å². The number of aliphatic hydroxyl groups is 1. The molecule has 7 heteroatoms. The number of nitrogens with zero attached hydrogens (tertiary/aromatic N) is 3. The molecule has 0 saturated carbocycles. The van der Waals surface area contributed by atoms with Gasteiger partial charge in [-0.1, -0.05) is 42.4 Å². The monoisotopic (exact) mass is 345 g/mol. The lowest BCUT2D eigenvalue weighted by molar-refractivity contribution is 0.250. The first-order valence-electron chi connectivity index (χ1n) is 7.72. The summed E-state index contributed by atoms with van der Waals surface area (Å²) in [5.41, 5.74) is 2.37. The van der Waals surface area contributed by atoms with Gasteiger partial charge in [-0.05, 0) is 18.6 Å². The molecular formula is C17H19N3O3S. The first-order valence-corrected chi connectivity index (χ1v) is 8.87. The zero-order valence-corrected chi connectivity index (χ0v) is 14.4. The van der Waals surface area contributed by atoms with Crippen molar-refractivity contribution in [1.29, 1.82) is 0 Å². The van der Waals surface area contributed by atoms with Crippen molar-refractivity contribution in [2.75, 3.05) is 12.4 Å². The van der Waals surface area contributed by atoms with Gasteiger partial charge in [-0.2, -0.15) is 11.8 Å². The number of thioether (sulfide) groups is 1. The molecule has 0 amide bonds. The molecule has 0 bridgehead atoms. The molecule has 0 saturated heterocycles. The highest BCUT2D eigenvalue weighted by atomic mass is 32.2. The molecule has 0 fully saturated rings. The van der Waals surface area contributed by atoms with Gasteiger partial charge in [0.05, 0.1) is 5.75 Å². The Kier molecular flexibility index (Phi) is 5.32. The SMILES string of the molecule is Cc1onc(-c2ccccc2)c1-c1nnc(CSCC(C)CO)o1. The third-order valence-corrected chi connectivity index (χ3v) is 4.79. The third kappa shape index (κ3) is 3.68. The summed E-state index contributed by atoms with van der Waals surface area (Å²) in [5, 5.41) is 21.4. The molecule has 0 aliphatic carbocycles. The number of hydrogen-bond donors (Lipinski definition) is 1. The van der Waals surface area contributed by atoms with Crippen LogP contribution in [-0.4, -0.2) is 32.8 Å². The number of aryl methyl sites for hydroxylation is 1. The van der Waals surface area contributed by atoms with E-state index in [9.17, 15) is 0 Å². The highest BCUT2D eigenvalue weighted by Crippen LogP contribution is 2.33. The van der Waals surface area contributed by atoms with Gasteiger partial charge in [0.2, 0.25) is 5.89 Å². The van der Waals surface area contributed by atoms with Crippen molar-refractivity contribution in [2.24, 2.45) is 5.92 Å². The summed E-state index contributed by atoms with van der Waals surface area (Å²) in [7, 11) is 0. The third-order valence-electron chi connectivity index (χ3n) is 3.53. The van der Waals surface area contributed by atoms with Crippen LogP contribution in [0.25, 0.3) is 22.7 Å². The van der Waals surface area contributed by atoms with Crippen LogP contribution in [0.5, 0.6) is 0 Å². The molecule has 126 valence electrons. The second-order valence-corrected chi connectivity index (χ2v) is 6.66. The zero-order valence-electron chi connectivity index (χ0n) is 13.6. The van der Waals surface area contributed by atoms with Gasteiger partial charge in [0.15, 0.2) is 0 Å². The van der Waals surface area contributed by atoms with Crippen LogP contribution in [0.3, 0.4) is 0 Å². The molecule has 1 aromatic carbocycles. The first-order chi connectivity index (χ1) is 11.7. The number of rotatable bonds is 7. The number of hydrogen-bond acceptors (Lipinski definition) is 7. The average Bonchev–Trinajstić information content (AvgIpc) is 3.21. The minimum atomic E-state index is 0.183. The van der Waals surface area contributed by atoms with Crippen LogP contribution < -0.4 is 0 Å². The van der Waals surface area contributed by atoms with Gasteiger partial charge in [-0.15, -0.1) is 10.2 Å². The molecule has 24 heavy (non-hydrogen) atoms. The minimum Gasteiger partial charge on any atom is -0.420 e. The second-order valence-electron chi connectivity index (χ2n) is 5.63. The summed E-state index contributed by atoms with van der Waals surface area (Å²) >= 11 is 1.66. The summed E-state index contributed by atoms with van der Waals surface area (Å²) in [6.07, 6.45) is 0. The molecule has 0 aliphatic rings. The standard InChI is InChI=1S/C17H19N3O3S/c1-11(8-21)9-24-10-14-18-19-17(22-14)15-12(2)23-20-16(15)13-6-4-3-5-7-13/h3-7,11,21H,8-10H2,1-2H3. The number of aromatic nitrogens is 3. The van der Waals surface area contributed by atoms with Crippen molar-refractivity contribution in [3.05, 3.63) is 42.0 Å². The molecule has 3 rings (SSSR count). The molecule has 2 heterocycles. The van der Waals surface area contributed by atoms with Crippen molar-refractivity contribution in [3.8, 4) is 22.7 Å². The number of aliphatic hydroxyl groups excluding tert-OH is 1. The van der Waals surface area contributed by atoms with Gasteiger partial charge >= 0.3 is 0 Å². The van der Waals surface area contributed by atoms with E-state index in [4.69, 9.17) is 14.0 Å². The van der Waals surface area contributed by atoms with Gasteiger partial charge in [-0.25, -0.2) is 0 Å². The molecule has 3 aromatic rings. The van der Waals surface area contributed by atoms with Gasteiger partial charge in [0.25, 0.3) is 5.89 Å². The van der Waals surface area contributed by atoms with Crippen molar-refractivity contribution in [3.63, 3.8) is 0 Å². The normalized spacial score (nSPS) is 12.5. The highest BCUT2D eigenvalue weighted by Gasteiger charge is 2.21. The fraction of sp³-hybridized carbons (Fsp3) is 0.353. The van der Waals surface area contributed by atoms with E-state index in [1.807, 2.05) is 44.2 Å². The summed E-state index contributed by atoms with van der Waals surface area (Å²) in [4.78, 5) is 0. The van der Waals surface area contributed by atoms with E-state index in [1.165, 1.54) is 0 Å². The molecule has 0 spiro atoms. The smallest absolute Gasteiger partial charge is 0.253 e. The molecule has 1 atom stereocenters. The van der Waals surface area contributed by atoms with Crippen LogP contribution in [0.4, 0.5) is 0 Å². The van der Waals surface area contributed by atoms with E-state index in [0.29, 0.717) is 29.0 Å². The lowest BCUT2D eigenvalue weighted by Crippen LogP contribution is -2.03. The molecule has 2 aromatic heterocycles. The Morgan fingerprint density at radius 2 is 2.00 bits per heavy atom. The molecule has 0 radical (unpaired) electrons. The maximum atomic E-state index is 9.05. The fourth-order valence-electron chi connectivity index (χ4n) is 2.23. The highest BCUT2D eigenvalue weighted by molar-refractivity contribution is 7.98. The Morgan fingerprint density at radius 3 is 2.75 bits per heavy atom. The van der Waals surface area contributed by atoms with Gasteiger partial charge in [0.1, 0.15) is 17.0 Å². The molecule has 0 aliphatic heterocycles. The van der Waals surface area contributed by atoms with Crippen LogP contribution in [0.2, 0.25) is 0 Å². The van der Waals surface area contributed by atoms with E-state index < -0.39 is 0 Å². The van der Waals surface area contributed by atoms with Crippen molar-refractivity contribution < 1.29 is 14.0 Å². The van der Waals surface area contributed by atoms with E-state index in [1.54, 1.807) is 11.8 Å². The molecular weight excluding hydrogens is 326 g/mol. The largest absolute Gasteiger partial charge is 0.420 e. The van der Waals surface area contributed by atoms with E-state index >= 15 is 0 Å². The van der Waals surface area contributed by atoms with Gasteiger partial charge in [0, 0.05) is 12.2 Å². The van der Waals surface area contributed by atoms with Crippen molar-refractivity contribution in [1.82, 2.24) is 15.4 Å². The van der Waals surface area contributed by atoms with E-state index in [0.717, 1.165) is 16.9 Å². The Bertz CT molecular complexity index is 785. The van der Waals surface area contributed by atoms with Crippen LogP contribution in [0.1, 0.15) is 18.6 Å². The molecule has 6 nitrogen and oxygen atoms in total. The predicted molar refractivity (Wildman–Crippen MR) is 92.4 cm³/mol. The van der Waals surface area contributed by atoms with E-state index in [-0.39, 0.29) is 12.5 Å². The number of benzene rings is 1. The Hall–Kier alpha value is -2.12.